The number of nitrogens with one attached hydrogen (secondary N) is 1. The highest BCUT2D eigenvalue weighted by atomic mass is 16.2. The van der Waals surface area contributed by atoms with E-state index in [0.717, 1.165) is 39.1 Å². The van der Waals surface area contributed by atoms with Crippen molar-refractivity contribution in [3.63, 3.8) is 0 Å². The molecule has 0 radical (unpaired) electrons. The molecule has 1 atom stereocenters. The predicted molar refractivity (Wildman–Crippen MR) is 108 cm³/mol. The topological polar surface area (TPSA) is 55.9 Å². The average molecular weight is 373 g/mol. The van der Waals surface area contributed by atoms with E-state index in [0.29, 0.717) is 13.0 Å². The lowest BCUT2D eigenvalue weighted by Crippen LogP contribution is -2.52. The largest absolute Gasteiger partial charge is 0.368 e. The quantitative estimate of drug-likeness (QED) is 0.863. The van der Waals surface area contributed by atoms with E-state index < -0.39 is 0 Å². The minimum atomic E-state index is -0.00567. The number of rotatable bonds is 5. The maximum atomic E-state index is 12.5. The fourth-order valence-electron chi connectivity index (χ4n) is 4.06. The van der Waals surface area contributed by atoms with Gasteiger partial charge in [0.25, 0.3) is 0 Å². The molecule has 148 valence electrons. The standard InChI is InChI=1S/C21H32N4O2/c1-4-18-7-5-6-8-19(18)23-9-11-24(12-10-23)21(27)22-14-17-13-20(26)25(15-17)16(2)3/h5-8,16-17H,4,9-15H2,1-3H3,(H,22,27). The molecule has 3 amide bonds. The smallest absolute Gasteiger partial charge is 0.317 e. The van der Waals surface area contributed by atoms with E-state index in [9.17, 15) is 9.59 Å². The maximum absolute atomic E-state index is 12.5. The molecular weight excluding hydrogens is 340 g/mol. The van der Waals surface area contributed by atoms with Crippen LogP contribution >= 0.6 is 0 Å². The van der Waals surface area contributed by atoms with E-state index in [4.69, 9.17) is 0 Å². The first kappa shape index (κ1) is 19.5. The van der Waals surface area contributed by atoms with Crippen molar-refractivity contribution in [2.75, 3.05) is 44.2 Å². The maximum Gasteiger partial charge on any atom is 0.317 e. The average Bonchev–Trinajstić information content (AvgIpc) is 3.07. The van der Waals surface area contributed by atoms with E-state index in [1.165, 1.54) is 11.3 Å². The number of hydrogen-bond donors (Lipinski definition) is 1. The molecule has 2 heterocycles. The van der Waals surface area contributed by atoms with Gasteiger partial charge in [0, 0.05) is 63.3 Å². The number of carbonyl (C=O) groups excluding carboxylic acids is 2. The third kappa shape index (κ3) is 4.54. The monoisotopic (exact) mass is 372 g/mol. The van der Waals surface area contributed by atoms with Crippen molar-refractivity contribution in [3.05, 3.63) is 29.8 Å². The molecule has 6 nitrogen and oxygen atoms in total. The Hall–Kier alpha value is -2.24. The number of urea groups is 1. The van der Waals surface area contributed by atoms with Crippen LogP contribution in [0.25, 0.3) is 0 Å². The molecule has 3 rings (SSSR count). The summed E-state index contributed by atoms with van der Waals surface area (Å²) in [6, 6.07) is 8.74. The highest BCUT2D eigenvalue weighted by molar-refractivity contribution is 5.79. The third-order valence-electron chi connectivity index (χ3n) is 5.68. The number of nitrogens with zero attached hydrogens (tertiary/aromatic N) is 3. The Morgan fingerprint density at radius 3 is 2.52 bits per heavy atom. The number of piperazine rings is 1. The number of aryl methyl sites for hydroxylation is 1. The van der Waals surface area contributed by atoms with Gasteiger partial charge in [-0.2, -0.15) is 0 Å². The zero-order valence-corrected chi connectivity index (χ0v) is 16.8. The summed E-state index contributed by atoms with van der Waals surface area (Å²) in [7, 11) is 0. The Kier molecular flexibility index (Phi) is 6.24. The molecule has 0 spiro atoms. The Labute approximate surface area is 162 Å². The van der Waals surface area contributed by atoms with Crippen LogP contribution < -0.4 is 10.2 Å². The van der Waals surface area contributed by atoms with Gasteiger partial charge in [-0.1, -0.05) is 25.1 Å². The van der Waals surface area contributed by atoms with E-state index >= 15 is 0 Å². The number of amides is 3. The van der Waals surface area contributed by atoms with Crippen molar-refractivity contribution < 1.29 is 9.59 Å². The second-order valence-electron chi connectivity index (χ2n) is 7.85. The molecule has 1 aromatic carbocycles. The molecule has 6 heteroatoms. The lowest BCUT2D eigenvalue weighted by atomic mass is 10.1. The summed E-state index contributed by atoms with van der Waals surface area (Å²) in [5.41, 5.74) is 2.65. The van der Waals surface area contributed by atoms with Gasteiger partial charge in [0.1, 0.15) is 0 Å². The summed E-state index contributed by atoms with van der Waals surface area (Å²) < 4.78 is 0. The van der Waals surface area contributed by atoms with Crippen molar-refractivity contribution in [3.8, 4) is 0 Å². The van der Waals surface area contributed by atoms with Crippen LogP contribution in [0.3, 0.4) is 0 Å². The summed E-state index contributed by atoms with van der Waals surface area (Å²) in [5, 5.41) is 3.04. The first-order valence-electron chi connectivity index (χ1n) is 10.1. The van der Waals surface area contributed by atoms with E-state index in [2.05, 4.69) is 41.4 Å². The molecule has 0 saturated carbocycles. The van der Waals surface area contributed by atoms with E-state index in [-0.39, 0.29) is 23.9 Å². The molecule has 1 aromatic rings. The molecule has 0 aromatic heterocycles. The van der Waals surface area contributed by atoms with Gasteiger partial charge in [-0.3, -0.25) is 4.79 Å². The zero-order chi connectivity index (χ0) is 19.4. The molecule has 2 fully saturated rings. The minimum absolute atomic E-state index is 0.00567. The Morgan fingerprint density at radius 1 is 1.19 bits per heavy atom. The number of hydrogen-bond acceptors (Lipinski definition) is 3. The first-order chi connectivity index (χ1) is 13.0. The van der Waals surface area contributed by atoms with Crippen LogP contribution in [-0.2, 0) is 11.2 Å². The lowest BCUT2D eigenvalue weighted by Gasteiger charge is -2.37. The highest BCUT2D eigenvalue weighted by Crippen LogP contribution is 2.22. The number of carbonyl (C=O) groups is 2. The second-order valence-corrected chi connectivity index (χ2v) is 7.85. The van der Waals surface area contributed by atoms with Crippen molar-refractivity contribution in [2.24, 2.45) is 5.92 Å². The normalized spacial score (nSPS) is 20.5. The number of benzene rings is 1. The van der Waals surface area contributed by atoms with Crippen molar-refractivity contribution in [1.82, 2.24) is 15.1 Å². The van der Waals surface area contributed by atoms with Crippen molar-refractivity contribution in [1.29, 1.82) is 0 Å². The van der Waals surface area contributed by atoms with Crippen molar-refractivity contribution >= 4 is 17.6 Å². The van der Waals surface area contributed by atoms with Gasteiger partial charge < -0.3 is 20.0 Å². The third-order valence-corrected chi connectivity index (χ3v) is 5.68. The first-order valence-corrected chi connectivity index (χ1v) is 10.1. The Balaban J connectivity index is 1.46. The minimum Gasteiger partial charge on any atom is -0.368 e. The number of likely N-dealkylation sites (tertiary alicyclic amines) is 1. The molecular formula is C21H32N4O2. The Morgan fingerprint density at radius 2 is 1.89 bits per heavy atom. The van der Waals surface area contributed by atoms with E-state index in [1.807, 2.05) is 23.6 Å². The van der Waals surface area contributed by atoms with Crippen LogP contribution in [0.5, 0.6) is 0 Å². The van der Waals surface area contributed by atoms with Crippen LogP contribution in [0.4, 0.5) is 10.5 Å². The van der Waals surface area contributed by atoms with E-state index in [1.54, 1.807) is 0 Å². The molecule has 0 aliphatic carbocycles. The molecule has 2 aliphatic heterocycles. The second kappa shape index (κ2) is 8.63. The van der Waals surface area contributed by atoms with Crippen molar-refractivity contribution in [2.45, 2.75) is 39.7 Å². The summed E-state index contributed by atoms with van der Waals surface area (Å²) in [5.74, 6) is 0.425. The summed E-state index contributed by atoms with van der Waals surface area (Å²) >= 11 is 0. The highest BCUT2D eigenvalue weighted by Gasteiger charge is 2.31. The van der Waals surface area contributed by atoms with Gasteiger partial charge in [-0.15, -0.1) is 0 Å². The molecule has 2 saturated heterocycles. The summed E-state index contributed by atoms with van der Waals surface area (Å²) in [6.45, 7) is 10.7. The number of para-hydroxylation sites is 1. The van der Waals surface area contributed by atoms with Crippen LogP contribution in [0.2, 0.25) is 0 Å². The van der Waals surface area contributed by atoms with Crippen LogP contribution in [0.15, 0.2) is 24.3 Å². The number of anilines is 1. The van der Waals surface area contributed by atoms with Gasteiger partial charge in [0.2, 0.25) is 5.91 Å². The van der Waals surface area contributed by atoms with Gasteiger partial charge >= 0.3 is 6.03 Å². The van der Waals surface area contributed by atoms with Crippen LogP contribution in [-0.4, -0.2) is 67.0 Å². The van der Waals surface area contributed by atoms with Gasteiger partial charge in [0.15, 0.2) is 0 Å². The predicted octanol–water partition coefficient (Wildman–Crippen LogP) is 2.34. The van der Waals surface area contributed by atoms with Crippen LogP contribution in [0, 0.1) is 5.92 Å². The summed E-state index contributed by atoms with van der Waals surface area (Å²) in [4.78, 5) is 30.7. The fourth-order valence-corrected chi connectivity index (χ4v) is 4.06. The summed E-state index contributed by atoms with van der Waals surface area (Å²) in [6.07, 6.45) is 1.56. The fraction of sp³-hybridized carbons (Fsp3) is 0.619. The van der Waals surface area contributed by atoms with Gasteiger partial charge in [0.05, 0.1) is 0 Å². The van der Waals surface area contributed by atoms with Crippen LogP contribution in [0.1, 0.15) is 32.8 Å². The zero-order valence-electron chi connectivity index (χ0n) is 16.8. The SMILES string of the molecule is CCc1ccccc1N1CCN(C(=O)NCC2CC(=O)N(C(C)C)C2)CC1. The molecule has 1 unspecified atom stereocenters. The molecule has 1 N–H and O–H groups in total. The molecule has 27 heavy (non-hydrogen) atoms. The Bertz CT molecular complexity index is 668. The molecule has 2 aliphatic rings. The molecule has 0 bridgehead atoms. The lowest BCUT2D eigenvalue weighted by molar-refractivity contribution is -0.129. The van der Waals surface area contributed by atoms with Gasteiger partial charge in [-0.25, -0.2) is 4.79 Å². The van der Waals surface area contributed by atoms with Gasteiger partial charge in [-0.05, 0) is 31.9 Å².